The van der Waals surface area contributed by atoms with Gasteiger partial charge in [-0.25, -0.2) is 4.79 Å². The van der Waals surface area contributed by atoms with E-state index >= 15 is 0 Å². The fraction of sp³-hybridized carbons (Fsp3) is 0. The Morgan fingerprint density at radius 3 is 2.32 bits per heavy atom. The molecule has 2 N–H and O–H groups in total. The summed E-state index contributed by atoms with van der Waals surface area (Å²) in [6.45, 7) is 0. The van der Waals surface area contributed by atoms with Crippen LogP contribution in [0.3, 0.4) is 0 Å². The molecule has 0 aliphatic carbocycles. The number of halogens is 1. The summed E-state index contributed by atoms with van der Waals surface area (Å²) in [6, 6.07) is 15.6. The van der Waals surface area contributed by atoms with Crippen LogP contribution in [0.5, 0.6) is 5.75 Å². The number of aromatic hydroxyl groups is 1. The first-order valence-corrected chi connectivity index (χ1v) is 7.67. The van der Waals surface area contributed by atoms with Crippen molar-refractivity contribution in [3.05, 3.63) is 64.5 Å². The molecule has 0 saturated heterocycles. The number of phenolic OH excluding ortho intramolecular Hbond substituents is 1. The van der Waals surface area contributed by atoms with E-state index in [4.69, 9.17) is 11.6 Å². The lowest BCUT2D eigenvalue weighted by Crippen LogP contribution is -1.89. The maximum atomic E-state index is 11.3. The highest BCUT2D eigenvalue weighted by atomic mass is 35.5. The highest BCUT2D eigenvalue weighted by Crippen LogP contribution is 2.42. The zero-order valence-corrected chi connectivity index (χ0v) is 12.9. The van der Waals surface area contributed by atoms with Crippen LogP contribution in [-0.2, 0) is 0 Å². The molecule has 3 rings (SSSR count). The number of hydrogen-bond acceptors (Lipinski definition) is 3. The van der Waals surface area contributed by atoms with Crippen LogP contribution < -0.4 is 0 Å². The van der Waals surface area contributed by atoms with Crippen molar-refractivity contribution in [3.8, 4) is 27.3 Å². The molecule has 1 heterocycles. The van der Waals surface area contributed by atoms with Gasteiger partial charge in [0.15, 0.2) is 0 Å². The lowest BCUT2D eigenvalue weighted by atomic mass is 10.0. The van der Waals surface area contributed by atoms with Gasteiger partial charge in [-0.1, -0.05) is 41.9 Å². The molecule has 0 bridgehead atoms. The molecule has 0 spiro atoms. The molecular formula is C17H11ClO3S. The van der Waals surface area contributed by atoms with Gasteiger partial charge in [0.25, 0.3) is 0 Å². The molecule has 110 valence electrons. The normalized spacial score (nSPS) is 10.6. The number of carbonyl (C=O) groups is 1. The summed E-state index contributed by atoms with van der Waals surface area (Å²) in [7, 11) is 0. The second-order valence-electron chi connectivity index (χ2n) is 4.69. The molecule has 0 radical (unpaired) electrons. The van der Waals surface area contributed by atoms with Crippen LogP contribution in [-0.4, -0.2) is 16.2 Å². The predicted molar refractivity (Wildman–Crippen MR) is 88.8 cm³/mol. The van der Waals surface area contributed by atoms with Crippen molar-refractivity contribution in [2.24, 2.45) is 0 Å². The van der Waals surface area contributed by atoms with Crippen molar-refractivity contribution in [1.82, 2.24) is 0 Å². The zero-order valence-electron chi connectivity index (χ0n) is 11.3. The Hall–Kier alpha value is -2.30. The van der Waals surface area contributed by atoms with Crippen molar-refractivity contribution < 1.29 is 15.0 Å². The lowest BCUT2D eigenvalue weighted by molar-refractivity contribution is 0.0702. The summed E-state index contributed by atoms with van der Waals surface area (Å²) in [5, 5.41) is 19.3. The van der Waals surface area contributed by atoms with Gasteiger partial charge >= 0.3 is 5.97 Å². The third kappa shape index (κ3) is 2.71. The van der Waals surface area contributed by atoms with Crippen LogP contribution in [0.15, 0.2) is 54.6 Å². The topological polar surface area (TPSA) is 57.5 Å². The Bertz CT molecular complexity index is 837. The second kappa shape index (κ2) is 5.83. The Kier molecular flexibility index (Phi) is 3.88. The number of carboxylic acid groups (broad SMARTS) is 1. The van der Waals surface area contributed by atoms with Gasteiger partial charge in [-0.05, 0) is 29.8 Å². The first-order valence-electron chi connectivity index (χ1n) is 6.47. The van der Waals surface area contributed by atoms with E-state index in [9.17, 15) is 15.0 Å². The lowest BCUT2D eigenvalue weighted by Gasteiger charge is -2.06. The summed E-state index contributed by atoms with van der Waals surface area (Å²) in [6.07, 6.45) is 0. The Morgan fingerprint density at radius 2 is 1.68 bits per heavy atom. The number of carboxylic acids is 1. The molecule has 0 aliphatic heterocycles. The van der Waals surface area contributed by atoms with Crippen LogP contribution in [0.25, 0.3) is 21.6 Å². The average molecular weight is 331 g/mol. The van der Waals surface area contributed by atoms with E-state index in [-0.39, 0.29) is 10.6 Å². The molecule has 0 amide bonds. The van der Waals surface area contributed by atoms with Gasteiger partial charge in [0.1, 0.15) is 10.6 Å². The largest absolute Gasteiger partial charge is 0.508 e. The number of rotatable bonds is 3. The SMILES string of the molecule is O=C(O)c1cc(-c2ccc(O)cc2)c(-c2ccccc2Cl)s1. The van der Waals surface area contributed by atoms with Gasteiger partial charge < -0.3 is 10.2 Å². The third-order valence-corrected chi connectivity index (χ3v) is 4.73. The number of aromatic carboxylic acids is 1. The van der Waals surface area contributed by atoms with Gasteiger partial charge in [0, 0.05) is 21.0 Å². The minimum absolute atomic E-state index is 0.164. The molecule has 0 atom stereocenters. The number of benzene rings is 2. The van der Waals surface area contributed by atoms with Gasteiger partial charge in [-0.2, -0.15) is 0 Å². The Labute approximate surface area is 136 Å². The fourth-order valence-corrected chi connectivity index (χ4v) is 3.54. The van der Waals surface area contributed by atoms with Crippen LogP contribution in [0.4, 0.5) is 0 Å². The van der Waals surface area contributed by atoms with Crippen LogP contribution in [0, 0.1) is 0 Å². The minimum Gasteiger partial charge on any atom is -0.508 e. The minimum atomic E-state index is -0.969. The van der Waals surface area contributed by atoms with Gasteiger partial charge in [0.05, 0.1) is 0 Å². The van der Waals surface area contributed by atoms with E-state index in [1.54, 1.807) is 36.4 Å². The Balaban J connectivity index is 2.23. The second-order valence-corrected chi connectivity index (χ2v) is 6.14. The molecule has 0 saturated carbocycles. The molecule has 3 aromatic rings. The first-order chi connectivity index (χ1) is 10.6. The molecule has 5 heteroatoms. The molecule has 22 heavy (non-hydrogen) atoms. The molecule has 0 aliphatic rings. The quantitative estimate of drug-likeness (QED) is 0.699. The van der Waals surface area contributed by atoms with Gasteiger partial charge in [-0.15, -0.1) is 11.3 Å². The summed E-state index contributed by atoms with van der Waals surface area (Å²) in [5.74, 6) is -0.805. The van der Waals surface area contributed by atoms with Crippen molar-refractivity contribution in [2.45, 2.75) is 0 Å². The summed E-state index contributed by atoms with van der Waals surface area (Å²) in [5.41, 5.74) is 2.41. The van der Waals surface area contributed by atoms with E-state index in [1.165, 1.54) is 11.3 Å². The van der Waals surface area contributed by atoms with Crippen molar-refractivity contribution in [3.63, 3.8) is 0 Å². The maximum Gasteiger partial charge on any atom is 0.345 e. The third-order valence-electron chi connectivity index (χ3n) is 3.24. The first kappa shape index (κ1) is 14.6. The van der Waals surface area contributed by atoms with Crippen molar-refractivity contribution in [1.29, 1.82) is 0 Å². The van der Waals surface area contributed by atoms with E-state index in [0.717, 1.165) is 21.6 Å². The predicted octanol–water partition coefficient (Wildman–Crippen LogP) is 5.14. The number of hydrogen-bond donors (Lipinski definition) is 2. The molecule has 1 aromatic heterocycles. The van der Waals surface area contributed by atoms with Crippen molar-refractivity contribution in [2.75, 3.05) is 0 Å². The van der Waals surface area contributed by atoms with Crippen LogP contribution in [0.1, 0.15) is 9.67 Å². The van der Waals surface area contributed by atoms with Gasteiger partial charge in [0.2, 0.25) is 0 Å². The van der Waals surface area contributed by atoms with Crippen LogP contribution >= 0.6 is 22.9 Å². The highest BCUT2D eigenvalue weighted by molar-refractivity contribution is 7.18. The van der Waals surface area contributed by atoms with Crippen LogP contribution in [0.2, 0.25) is 5.02 Å². The highest BCUT2D eigenvalue weighted by Gasteiger charge is 2.18. The standard InChI is InChI=1S/C17H11ClO3S/c18-14-4-2-1-3-12(14)16-13(9-15(22-16)17(20)21)10-5-7-11(19)8-6-10/h1-9,19H,(H,20,21). The number of phenols is 1. The number of thiophene rings is 1. The maximum absolute atomic E-state index is 11.3. The van der Waals surface area contributed by atoms with Crippen molar-refractivity contribution >= 4 is 28.9 Å². The van der Waals surface area contributed by atoms with E-state index < -0.39 is 5.97 Å². The smallest absolute Gasteiger partial charge is 0.345 e. The molecule has 3 nitrogen and oxygen atoms in total. The Morgan fingerprint density at radius 1 is 1.00 bits per heavy atom. The average Bonchev–Trinajstić information content (AvgIpc) is 2.94. The van der Waals surface area contributed by atoms with E-state index in [2.05, 4.69) is 0 Å². The molecule has 2 aromatic carbocycles. The zero-order chi connectivity index (χ0) is 15.7. The molecule has 0 fully saturated rings. The fourth-order valence-electron chi connectivity index (χ4n) is 2.20. The van der Waals surface area contributed by atoms with E-state index in [1.807, 2.05) is 18.2 Å². The van der Waals surface area contributed by atoms with E-state index in [0.29, 0.717) is 5.02 Å². The summed E-state index contributed by atoms with van der Waals surface area (Å²) < 4.78 is 0. The molecule has 0 unspecified atom stereocenters. The monoisotopic (exact) mass is 330 g/mol. The summed E-state index contributed by atoms with van der Waals surface area (Å²) >= 11 is 7.44. The van der Waals surface area contributed by atoms with Gasteiger partial charge in [-0.3, -0.25) is 0 Å². The molecular weight excluding hydrogens is 320 g/mol. The summed E-state index contributed by atoms with van der Waals surface area (Å²) in [4.78, 5) is 12.4.